The van der Waals surface area contributed by atoms with Gasteiger partial charge in [-0.25, -0.2) is 0 Å². The first-order valence-corrected chi connectivity index (χ1v) is 21.9. The molecule has 0 radical (unpaired) electrons. The molecule has 2 nitrogen and oxygen atoms in total. The van der Waals surface area contributed by atoms with Crippen LogP contribution in [-0.4, -0.2) is 0 Å². The topological polar surface area (TPSA) is 16.4 Å². The van der Waals surface area contributed by atoms with Gasteiger partial charge in [0.15, 0.2) is 0 Å². The minimum absolute atomic E-state index is 0.900. The van der Waals surface area contributed by atoms with E-state index >= 15 is 0 Å². The van der Waals surface area contributed by atoms with Gasteiger partial charge >= 0.3 is 0 Å². The van der Waals surface area contributed by atoms with Crippen molar-refractivity contribution in [2.45, 2.75) is 0 Å². The van der Waals surface area contributed by atoms with Crippen molar-refractivity contribution in [3.63, 3.8) is 0 Å². The number of para-hydroxylation sites is 1. The zero-order valence-electron chi connectivity index (χ0n) is 35.0. The van der Waals surface area contributed by atoms with Gasteiger partial charge < -0.3 is 9.32 Å². The van der Waals surface area contributed by atoms with Crippen LogP contribution in [0.4, 0.5) is 17.1 Å². The summed E-state index contributed by atoms with van der Waals surface area (Å²) < 4.78 is 6.17. The van der Waals surface area contributed by atoms with Crippen LogP contribution in [0.3, 0.4) is 0 Å². The number of hydrogen-bond donors (Lipinski definition) is 0. The van der Waals surface area contributed by atoms with Gasteiger partial charge in [-0.1, -0.05) is 194 Å². The molecule has 0 bridgehead atoms. The van der Waals surface area contributed by atoms with E-state index in [4.69, 9.17) is 4.42 Å². The van der Waals surface area contributed by atoms with Crippen molar-refractivity contribution in [3.05, 3.63) is 249 Å². The monoisotopic (exact) mass is 815 g/mol. The Morgan fingerprint density at radius 1 is 0.250 bits per heavy atom. The maximum Gasteiger partial charge on any atom is 0.135 e. The van der Waals surface area contributed by atoms with Gasteiger partial charge in [-0.2, -0.15) is 0 Å². The number of fused-ring (bicyclic) bond motifs is 5. The lowest BCUT2D eigenvalue weighted by molar-refractivity contribution is 0.669. The third kappa shape index (κ3) is 6.79. The quantitative estimate of drug-likeness (QED) is 0.152. The van der Waals surface area contributed by atoms with Crippen LogP contribution in [0, 0.1) is 0 Å². The first kappa shape index (κ1) is 37.3. The van der Waals surface area contributed by atoms with Crippen molar-refractivity contribution >= 4 is 60.5 Å². The van der Waals surface area contributed by atoms with Crippen LogP contribution in [0.1, 0.15) is 0 Å². The summed E-state index contributed by atoms with van der Waals surface area (Å²) in [6, 6.07) is 89.9. The summed E-state index contributed by atoms with van der Waals surface area (Å²) >= 11 is 0. The third-order valence-corrected chi connectivity index (χ3v) is 12.7. The van der Waals surface area contributed by atoms with Crippen LogP contribution in [0.15, 0.2) is 253 Å². The normalized spacial score (nSPS) is 11.4. The molecular formula is C62H41NO. The second-order valence-corrected chi connectivity index (χ2v) is 16.5. The van der Waals surface area contributed by atoms with E-state index in [-0.39, 0.29) is 0 Å². The Kier molecular flexibility index (Phi) is 9.20. The highest BCUT2D eigenvalue weighted by Crippen LogP contribution is 2.44. The number of rotatable bonds is 8. The molecule has 0 atom stereocenters. The van der Waals surface area contributed by atoms with E-state index in [1.807, 2.05) is 12.1 Å². The summed E-state index contributed by atoms with van der Waals surface area (Å²) in [5, 5.41) is 7.23. The highest BCUT2D eigenvalue weighted by atomic mass is 16.3. The molecule has 12 aromatic rings. The summed E-state index contributed by atoms with van der Waals surface area (Å²) in [5.41, 5.74) is 16.8. The Bertz CT molecular complexity index is 3630. The lowest BCUT2D eigenvalue weighted by Crippen LogP contribution is -2.11. The molecule has 0 spiro atoms. The number of anilines is 3. The van der Waals surface area contributed by atoms with Crippen molar-refractivity contribution in [1.82, 2.24) is 0 Å². The SMILES string of the molecule is c1ccc(-c2ccc(-c3ccc4ccccc4c3)cc2N(c2ccc(-c3ccc(-c4cccc5ccccc45)cc3)cc2)c2ccc(-c3ccc4oc5ccccc5c4c3)cc2)cc1. The van der Waals surface area contributed by atoms with Gasteiger partial charge in [-0.05, 0) is 126 Å². The van der Waals surface area contributed by atoms with Crippen molar-refractivity contribution in [3.8, 4) is 55.6 Å². The highest BCUT2D eigenvalue weighted by molar-refractivity contribution is 6.06. The van der Waals surface area contributed by atoms with Crippen LogP contribution >= 0.6 is 0 Å². The molecule has 300 valence electrons. The molecule has 0 saturated carbocycles. The average Bonchev–Trinajstić information content (AvgIpc) is 3.75. The zero-order valence-corrected chi connectivity index (χ0v) is 35.0. The van der Waals surface area contributed by atoms with E-state index in [2.05, 4.69) is 241 Å². The van der Waals surface area contributed by atoms with Crippen molar-refractivity contribution in [1.29, 1.82) is 0 Å². The maximum absolute atomic E-state index is 6.17. The summed E-state index contributed by atoms with van der Waals surface area (Å²) in [5.74, 6) is 0. The number of nitrogens with zero attached hydrogens (tertiary/aromatic N) is 1. The Morgan fingerprint density at radius 3 is 1.52 bits per heavy atom. The molecule has 1 heterocycles. The molecule has 0 aliphatic carbocycles. The van der Waals surface area contributed by atoms with Gasteiger partial charge in [-0.15, -0.1) is 0 Å². The van der Waals surface area contributed by atoms with Gasteiger partial charge in [-0.3, -0.25) is 0 Å². The molecular weight excluding hydrogens is 775 g/mol. The van der Waals surface area contributed by atoms with Crippen molar-refractivity contribution in [2.24, 2.45) is 0 Å². The molecule has 0 amide bonds. The Labute approximate surface area is 372 Å². The van der Waals surface area contributed by atoms with E-state index in [0.29, 0.717) is 0 Å². The largest absolute Gasteiger partial charge is 0.456 e. The molecule has 0 saturated heterocycles. The second-order valence-electron chi connectivity index (χ2n) is 16.5. The predicted octanol–water partition coefficient (Wildman–Crippen LogP) is 17.7. The van der Waals surface area contributed by atoms with Crippen molar-refractivity contribution in [2.75, 3.05) is 4.90 Å². The summed E-state index contributed by atoms with van der Waals surface area (Å²) in [6.07, 6.45) is 0. The van der Waals surface area contributed by atoms with Gasteiger partial charge in [0.25, 0.3) is 0 Å². The van der Waals surface area contributed by atoms with Gasteiger partial charge in [0, 0.05) is 27.7 Å². The number of benzene rings is 11. The van der Waals surface area contributed by atoms with E-state index in [1.165, 1.54) is 49.4 Å². The van der Waals surface area contributed by atoms with Crippen LogP contribution < -0.4 is 4.90 Å². The molecule has 0 N–H and O–H groups in total. The van der Waals surface area contributed by atoms with E-state index in [9.17, 15) is 0 Å². The number of hydrogen-bond acceptors (Lipinski definition) is 2. The molecule has 11 aromatic carbocycles. The lowest BCUT2D eigenvalue weighted by atomic mass is 9.95. The minimum Gasteiger partial charge on any atom is -0.456 e. The molecule has 0 aliphatic rings. The van der Waals surface area contributed by atoms with Crippen LogP contribution in [0.2, 0.25) is 0 Å². The fourth-order valence-electron chi connectivity index (χ4n) is 9.39. The summed E-state index contributed by atoms with van der Waals surface area (Å²) in [6.45, 7) is 0. The van der Waals surface area contributed by atoms with Crippen LogP contribution in [0.25, 0.3) is 99.1 Å². The first-order valence-electron chi connectivity index (χ1n) is 21.9. The van der Waals surface area contributed by atoms with Gasteiger partial charge in [0.2, 0.25) is 0 Å². The van der Waals surface area contributed by atoms with E-state index in [1.54, 1.807) is 0 Å². The fraction of sp³-hybridized carbons (Fsp3) is 0. The lowest BCUT2D eigenvalue weighted by Gasteiger charge is -2.29. The van der Waals surface area contributed by atoms with Gasteiger partial charge in [0.05, 0.1) is 5.69 Å². The smallest absolute Gasteiger partial charge is 0.135 e. The van der Waals surface area contributed by atoms with Crippen LogP contribution in [0.5, 0.6) is 0 Å². The van der Waals surface area contributed by atoms with Crippen LogP contribution in [-0.2, 0) is 0 Å². The molecule has 2 heteroatoms. The Hall–Kier alpha value is -8.46. The average molecular weight is 816 g/mol. The molecule has 1 aromatic heterocycles. The zero-order chi connectivity index (χ0) is 42.4. The first-order chi connectivity index (χ1) is 31.7. The number of furan rings is 1. The van der Waals surface area contributed by atoms with E-state index < -0.39 is 0 Å². The second kappa shape index (κ2) is 15.8. The summed E-state index contributed by atoms with van der Waals surface area (Å²) in [4.78, 5) is 2.41. The predicted molar refractivity (Wildman–Crippen MR) is 271 cm³/mol. The highest BCUT2D eigenvalue weighted by Gasteiger charge is 2.20. The fourth-order valence-corrected chi connectivity index (χ4v) is 9.39. The standard InChI is InChI=1S/C62H41NO/c1-2-12-47(13-3-1)57-37-31-52(50-26-23-42-11-4-5-15-49(42)39-50)41-60(57)63(54-35-29-45(30-36-54)51-32-38-62-59(40-51)58-18-8-9-20-61(58)64-62)53-33-27-44(28-34-53)43-21-24-48(25-22-43)56-19-10-16-46-14-6-7-17-55(46)56/h1-41H. The Morgan fingerprint density at radius 2 is 0.750 bits per heavy atom. The van der Waals surface area contributed by atoms with Crippen molar-refractivity contribution < 1.29 is 4.42 Å². The van der Waals surface area contributed by atoms with E-state index in [0.717, 1.165) is 66.8 Å². The van der Waals surface area contributed by atoms with Gasteiger partial charge in [0.1, 0.15) is 11.2 Å². The summed E-state index contributed by atoms with van der Waals surface area (Å²) in [7, 11) is 0. The third-order valence-electron chi connectivity index (χ3n) is 12.7. The minimum atomic E-state index is 0.900. The molecule has 0 unspecified atom stereocenters. The molecule has 64 heavy (non-hydrogen) atoms. The molecule has 12 rings (SSSR count). The molecule has 0 fully saturated rings. The molecule has 0 aliphatic heterocycles. The Balaban J connectivity index is 0.972. The maximum atomic E-state index is 6.17.